The molecule has 0 amide bonds. The second kappa shape index (κ2) is 6.00. The Kier molecular flexibility index (Phi) is 4.36. The molecule has 1 aromatic heterocycles. The van der Waals surface area contributed by atoms with Crippen molar-refractivity contribution in [3.63, 3.8) is 0 Å². The maximum absolute atomic E-state index is 12.1. The fraction of sp³-hybridized carbons (Fsp3) is 0.692. The first-order chi connectivity index (χ1) is 8.68. The Morgan fingerprint density at radius 1 is 1.44 bits per heavy atom. The van der Waals surface area contributed by atoms with Gasteiger partial charge in [0.25, 0.3) is 5.56 Å². The van der Waals surface area contributed by atoms with Crippen LogP contribution in [0.25, 0.3) is 0 Å². The first-order valence-electron chi connectivity index (χ1n) is 6.64. The lowest BCUT2D eigenvalue weighted by molar-refractivity contribution is 0.396. The molecule has 18 heavy (non-hydrogen) atoms. The summed E-state index contributed by atoms with van der Waals surface area (Å²) in [5, 5.41) is 3.15. The van der Waals surface area contributed by atoms with Crippen LogP contribution in [-0.4, -0.2) is 41.6 Å². The van der Waals surface area contributed by atoms with Crippen LogP contribution < -0.4 is 10.9 Å². The predicted molar refractivity (Wildman–Crippen MR) is 73.0 cm³/mol. The minimum Gasteiger partial charge on any atom is -0.365 e. The Hall–Kier alpha value is -1.36. The summed E-state index contributed by atoms with van der Waals surface area (Å²) in [5.74, 6) is 0.495. The Morgan fingerprint density at radius 3 is 2.89 bits per heavy atom. The summed E-state index contributed by atoms with van der Waals surface area (Å²) in [7, 11) is 4.14. The van der Waals surface area contributed by atoms with Crippen molar-refractivity contribution in [2.45, 2.75) is 31.7 Å². The molecule has 1 N–H and O–H groups in total. The molecule has 1 aromatic rings. The van der Waals surface area contributed by atoms with Gasteiger partial charge in [0, 0.05) is 25.0 Å². The van der Waals surface area contributed by atoms with Gasteiger partial charge in [0.15, 0.2) is 5.82 Å². The number of nitrogens with zero attached hydrogens (tertiary/aromatic N) is 3. The summed E-state index contributed by atoms with van der Waals surface area (Å²) >= 11 is 0. The second-order valence-corrected chi connectivity index (χ2v) is 5.16. The van der Waals surface area contributed by atoms with Crippen molar-refractivity contribution in [3.8, 4) is 0 Å². The molecule has 0 saturated heterocycles. The van der Waals surface area contributed by atoms with E-state index in [1.165, 1.54) is 0 Å². The van der Waals surface area contributed by atoms with Crippen LogP contribution in [0.1, 0.15) is 31.7 Å². The highest BCUT2D eigenvalue weighted by Crippen LogP contribution is 2.33. The largest absolute Gasteiger partial charge is 0.365 e. The van der Waals surface area contributed by atoms with Crippen molar-refractivity contribution in [2.75, 3.05) is 32.5 Å². The Bertz CT molecular complexity index is 437. The van der Waals surface area contributed by atoms with E-state index >= 15 is 0 Å². The lowest BCUT2D eigenvalue weighted by atomic mass is 10.3. The molecule has 1 fully saturated rings. The first kappa shape index (κ1) is 13.1. The van der Waals surface area contributed by atoms with Gasteiger partial charge < -0.3 is 14.8 Å². The summed E-state index contributed by atoms with van der Waals surface area (Å²) in [6.45, 7) is 1.89. The van der Waals surface area contributed by atoms with Crippen molar-refractivity contribution >= 4 is 5.82 Å². The van der Waals surface area contributed by atoms with Gasteiger partial charge in [-0.05, 0) is 46.3 Å². The van der Waals surface area contributed by atoms with Crippen LogP contribution in [0.2, 0.25) is 0 Å². The number of hydrogen-bond acceptors (Lipinski definition) is 4. The minimum atomic E-state index is 0.0209. The van der Waals surface area contributed by atoms with Crippen LogP contribution in [0.3, 0.4) is 0 Å². The molecule has 1 saturated carbocycles. The molecular weight excluding hydrogens is 228 g/mol. The summed E-state index contributed by atoms with van der Waals surface area (Å²) in [5.41, 5.74) is 0.0209. The number of hydrogen-bond donors (Lipinski definition) is 1. The predicted octanol–water partition coefficient (Wildman–Crippen LogP) is 1.33. The Balaban J connectivity index is 1.82. The average molecular weight is 250 g/mol. The van der Waals surface area contributed by atoms with Crippen LogP contribution in [0.15, 0.2) is 17.2 Å². The van der Waals surface area contributed by atoms with Gasteiger partial charge in [0.2, 0.25) is 0 Å². The molecule has 0 spiro atoms. The highest BCUT2D eigenvalue weighted by molar-refractivity contribution is 5.30. The zero-order valence-electron chi connectivity index (χ0n) is 11.2. The van der Waals surface area contributed by atoms with Crippen molar-refractivity contribution in [3.05, 3.63) is 22.7 Å². The topological polar surface area (TPSA) is 50.2 Å². The van der Waals surface area contributed by atoms with Crippen LogP contribution in [0.5, 0.6) is 0 Å². The van der Waals surface area contributed by atoms with Crippen molar-refractivity contribution in [2.24, 2.45) is 0 Å². The number of nitrogens with one attached hydrogen (secondary N) is 1. The molecule has 0 bridgehead atoms. The third-order valence-corrected chi connectivity index (χ3v) is 3.13. The summed E-state index contributed by atoms with van der Waals surface area (Å²) in [6.07, 6.45) is 7.92. The van der Waals surface area contributed by atoms with Crippen LogP contribution >= 0.6 is 0 Å². The van der Waals surface area contributed by atoms with Crippen molar-refractivity contribution in [1.29, 1.82) is 0 Å². The standard InChI is InChI=1S/C13H22N4O/c1-16(2)9-4-3-7-14-12-13(18)17(10-8-15-12)11-5-6-11/h8,10-11H,3-7,9H2,1-2H3,(H,14,15). The van der Waals surface area contributed by atoms with Crippen molar-refractivity contribution in [1.82, 2.24) is 14.5 Å². The molecule has 0 aromatic carbocycles. The molecule has 5 nitrogen and oxygen atoms in total. The molecule has 0 unspecified atom stereocenters. The van der Waals surface area contributed by atoms with Gasteiger partial charge in [-0.3, -0.25) is 4.79 Å². The molecule has 2 rings (SSSR count). The molecule has 1 heterocycles. The fourth-order valence-corrected chi connectivity index (χ4v) is 1.95. The number of rotatable bonds is 7. The van der Waals surface area contributed by atoms with E-state index in [-0.39, 0.29) is 5.56 Å². The highest BCUT2D eigenvalue weighted by Gasteiger charge is 2.25. The Labute approximate surface area is 108 Å². The van der Waals surface area contributed by atoms with Crippen LogP contribution in [0.4, 0.5) is 5.82 Å². The van der Waals surface area contributed by atoms with Gasteiger partial charge >= 0.3 is 0 Å². The van der Waals surface area contributed by atoms with Gasteiger partial charge in [-0.1, -0.05) is 0 Å². The van der Waals surface area contributed by atoms with Crippen LogP contribution in [-0.2, 0) is 0 Å². The quantitative estimate of drug-likeness (QED) is 0.742. The highest BCUT2D eigenvalue weighted by atomic mass is 16.1. The summed E-state index contributed by atoms with van der Waals surface area (Å²) in [4.78, 5) is 18.3. The third-order valence-electron chi connectivity index (χ3n) is 3.13. The summed E-state index contributed by atoms with van der Waals surface area (Å²) in [6, 6.07) is 0.412. The zero-order chi connectivity index (χ0) is 13.0. The summed E-state index contributed by atoms with van der Waals surface area (Å²) < 4.78 is 1.80. The number of aromatic nitrogens is 2. The molecule has 0 radical (unpaired) electrons. The van der Waals surface area contributed by atoms with E-state index in [9.17, 15) is 4.79 Å². The molecule has 5 heteroatoms. The maximum Gasteiger partial charge on any atom is 0.293 e. The van der Waals surface area contributed by atoms with E-state index in [2.05, 4.69) is 29.3 Å². The smallest absolute Gasteiger partial charge is 0.293 e. The monoisotopic (exact) mass is 250 g/mol. The number of unbranched alkanes of at least 4 members (excludes halogenated alkanes) is 1. The molecule has 100 valence electrons. The van der Waals surface area contributed by atoms with Gasteiger partial charge in [-0.25, -0.2) is 4.98 Å². The van der Waals surface area contributed by atoms with Gasteiger partial charge in [-0.15, -0.1) is 0 Å². The zero-order valence-corrected chi connectivity index (χ0v) is 11.2. The Morgan fingerprint density at radius 2 is 2.22 bits per heavy atom. The second-order valence-electron chi connectivity index (χ2n) is 5.16. The van der Waals surface area contributed by atoms with Crippen molar-refractivity contribution < 1.29 is 0 Å². The fourth-order valence-electron chi connectivity index (χ4n) is 1.95. The molecule has 1 aliphatic carbocycles. The molecule has 0 atom stereocenters. The van der Waals surface area contributed by atoms with E-state index in [1.54, 1.807) is 17.0 Å². The SMILES string of the molecule is CN(C)CCCCNc1nccn(C2CC2)c1=O. The van der Waals surface area contributed by atoms with E-state index in [0.29, 0.717) is 11.9 Å². The van der Waals surface area contributed by atoms with Gasteiger partial charge in [-0.2, -0.15) is 0 Å². The van der Waals surface area contributed by atoms with E-state index in [0.717, 1.165) is 38.8 Å². The van der Waals surface area contributed by atoms with E-state index < -0.39 is 0 Å². The molecular formula is C13H22N4O. The van der Waals surface area contributed by atoms with Gasteiger partial charge in [0.1, 0.15) is 0 Å². The average Bonchev–Trinajstić information content (AvgIpc) is 3.14. The lowest BCUT2D eigenvalue weighted by Gasteiger charge is -2.10. The van der Waals surface area contributed by atoms with E-state index in [1.807, 2.05) is 0 Å². The minimum absolute atomic E-state index is 0.0209. The number of anilines is 1. The van der Waals surface area contributed by atoms with E-state index in [4.69, 9.17) is 0 Å². The normalized spacial score (nSPS) is 15.1. The molecule has 1 aliphatic rings. The first-order valence-corrected chi connectivity index (χ1v) is 6.64. The molecule has 0 aliphatic heterocycles. The third kappa shape index (κ3) is 3.57. The maximum atomic E-state index is 12.1. The lowest BCUT2D eigenvalue weighted by Crippen LogP contribution is -2.24. The van der Waals surface area contributed by atoms with Crippen LogP contribution in [0, 0.1) is 0 Å². The van der Waals surface area contributed by atoms with Gasteiger partial charge in [0.05, 0.1) is 0 Å².